The van der Waals surface area contributed by atoms with Crippen LogP contribution in [0.2, 0.25) is 0 Å². The van der Waals surface area contributed by atoms with Gasteiger partial charge in [-0.25, -0.2) is 0 Å². The molecule has 2 amide bonds. The van der Waals surface area contributed by atoms with Crippen LogP contribution < -0.4 is 10.6 Å². The highest BCUT2D eigenvalue weighted by Gasteiger charge is 2.39. The van der Waals surface area contributed by atoms with Crippen LogP contribution in [0.1, 0.15) is 19.4 Å². The first kappa shape index (κ1) is 13.5. The molecular formula is C14H18N2O3. The molecule has 0 aliphatic carbocycles. The number of carbonyl (C=O) groups excluding carboxylic acids is 2. The Balaban J connectivity index is 1.84. The van der Waals surface area contributed by atoms with E-state index >= 15 is 0 Å². The number of benzene rings is 1. The smallest absolute Gasteiger partial charge is 0.245 e. The van der Waals surface area contributed by atoms with E-state index in [9.17, 15) is 9.59 Å². The minimum absolute atomic E-state index is 0.169. The summed E-state index contributed by atoms with van der Waals surface area (Å²) in [6.45, 7) is 3.93. The Labute approximate surface area is 112 Å². The van der Waals surface area contributed by atoms with Crippen LogP contribution in [0.25, 0.3) is 0 Å². The van der Waals surface area contributed by atoms with E-state index in [1.165, 1.54) is 0 Å². The van der Waals surface area contributed by atoms with Crippen LogP contribution in [-0.4, -0.2) is 30.0 Å². The normalized spacial score (nSPS) is 21.7. The van der Waals surface area contributed by atoms with E-state index in [1.54, 1.807) is 13.8 Å². The Morgan fingerprint density at radius 3 is 2.58 bits per heavy atom. The highest BCUT2D eigenvalue weighted by atomic mass is 16.5. The summed E-state index contributed by atoms with van der Waals surface area (Å²) in [5, 5.41) is 5.34. The van der Waals surface area contributed by atoms with E-state index in [0.29, 0.717) is 6.61 Å². The van der Waals surface area contributed by atoms with E-state index in [0.717, 1.165) is 5.56 Å². The van der Waals surface area contributed by atoms with Gasteiger partial charge in [-0.15, -0.1) is 0 Å². The van der Waals surface area contributed by atoms with Gasteiger partial charge in [-0.3, -0.25) is 9.59 Å². The molecule has 1 aromatic carbocycles. The summed E-state index contributed by atoms with van der Waals surface area (Å²) in [5.41, 5.74) is 0.179. The van der Waals surface area contributed by atoms with Gasteiger partial charge in [0.05, 0.1) is 13.2 Å². The van der Waals surface area contributed by atoms with Gasteiger partial charge in [0.25, 0.3) is 0 Å². The van der Waals surface area contributed by atoms with Crippen molar-refractivity contribution in [3.63, 3.8) is 0 Å². The molecule has 1 heterocycles. The Bertz CT molecular complexity index is 471. The number of hydrogen-bond acceptors (Lipinski definition) is 3. The molecule has 2 N–H and O–H groups in total. The summed E-state index contributed by atoms with van der Waals surface area (Å²) in [6, 6.07) is 9.06. The van der Waals surface area contributed by atoms with Crippen LogP contribution in [0.5, 0.6) is 0 Å². The average Bonchev–Trinajstić information content (AvgIpc) is 2.36. The highest BCUT2D eigenvalue weighted by molar-refractivity contribution is 5.99. The van der Waals surface area contributed by atoms with Crippen molar-refractivity contribution >= 4 is 11.8 Å². The molecule has 1 aromatic rings. The standard InChI is InChI=1S/C14H18N2O3/c1-14(2)13(18)15-11(12(17)16-14)9-19-8-10-6-4-3-5-7-10/h3-7,11H,8-9H2,1-2H3,(H,15,18)(H,16,17)/t11-/m0/s1. The number of amides is 2. The van der Waals surface area contributed by atoms with E-state index < -0.39 is 11.6 Å². The van der Waals surface area contributed by atoms with Gasteiger partial charge >= 0.3 is 0 Å². The second kappa shape index (κ2) is 5.40. The number of nitrogens with one attached hydrogen (secondary N) is 2. The first-order valence-corrected chi connectivity index (χ1v) is 6.24. The lowest BCUT2D eigenvalue weighted by atomic mass is 9.99. The van der Waals surface area contributed by atoms with Crippen molar-refractivity contribution in [2.24, 2.45) is 0 Å². The maximum absolute atomic E-state index is 11.8. The summed E-state index contributed by atoms with van der Waals surface area (Å²) in [7, 11) is 0. The van der Waals surface area contributed by atoms with Gasteiger partial charge in [-0.05, 0) is 19.4 Å². The topological polar surface area (TPSA) is 67.4 Å². The zero-order valence-electron chi connectivity index (χ0n) is 11.1. The number of ether oxygens (including phenoxy) is 1. The molecule has 0 aromatic heterocycles. The van der Waals surface area contributed by atoms with Crippen LogP contribution >= 0.6 is 0 Å². The first-order chi connectivity index (χ1) is 8.99. The van der Waals surface area contributed by atoms with Crippen LogP contribution in [0.3, 0.4) is 0 Å². The fourth-order valence-corrected chi connectivity index (χ4v) is 1.84. The second-order valence-electron chi connectivity index (χ2n) is 5.14. The van der Waals surface area contributed by atoms with Crippen molar-refractivity contribution in [2.75, 3.05) is 6.61 Å². The largest absolute Gasteiger partial charge is 0.374 e. The number of carbonyl (C=O) groups is 2. The SMILES string of the molecule is CC1(C)NC(=O)[C@H](COCc2ccccc2)NC1=O. The van der Waals surface area contributed by atoms with Crippen molar-refractivity contribution in [2.45, 2.75) is 32.0 Å². The molecule has 5 nitrogen and oxygen atoms in total. The zero-order chi connectivity index (χ0) is 13.9. The Morgan fingerprint density at radius 1 is 1.21 bits per heavy atom. The van der Waals surface area contributed by atoms with Gasteiger partial charge in [0.1, 0.15) is 11.6 Å². The van der Waals surface area contributed by atoms with E-state index in [2.05, 4.69) is 10.6 Å². The third kappa shape index (κ3) is 3.32. The number of hydrogen-bond donors (Lipinski definition) is 2. The molecule has 5 heteroatoms. The Kier molecular flexibility index (Phi) is 3.85. The van der Waals surface area contributed by atoms with E-state index in [-0.39, 0.29) is 18.4 Å². The van der Waals surface area contributed by atoms with Crippen molar-refractivity contribution in [3.8, 4) is 0 Å². The molecule has 19 heavy (non-hydrogen) atoms. The van der Waals surface area contributed by atoms with Crippen molar-refractivity contribution in [1.82, 2.24) is 10.6 Å². The van der Waals surface area contributed by atoms with Crippen molar-refractivity contribution < 1.29 is 14.3 Å². The summed E-state index contributed by atoms with van der Waals surface area (Å²) in [5.74, 6) is -0.405. The van der Waals surface area contributed by atoms with Crippen LogP contribution in [0, 0.1) is 0 Å². The second-order valence-corrected chi connectivity index (χ2v) is 5.14. The zero-order valence-corrected chi connectivity index (χ0v) is 11.1. The molecule has 1 fully saturated rings. The van der Waals surface area contributed by atoms with Crippen molar-refractivity contribution in [1.29, 1.82) is 0 Å². The summed E-state index contributed by atoms with van der Waals surface area (Å²) in [4.78, 5) is 23.5. The van der Waals surface area contributed by atoms with Gasteiger partial charge < -0.3 is 15.4 Å². The minimum atomic E-state index is -0.854. The average molecular weight is 262 g/mol. The summed E-state index contributed by atoms with van der Waals surface area (Å²) >= 11 is 0. The fourth-order valence-electron chi connectivity index (χ4n) is 1.84. The van der Waals surface area contributed by atoms with Crippen LogP contribution in [-0.2, 0) is 20.9 Å². The molecule has 1 atom stereocenters. The first-order valence-electron chi connectivity index (χ1n) is 6.24. The van der Waals surface area contributed by atoms with E-state index in [1.807, 2.05) is 30.3 Å². The van der Waals surface area contributed by atoms with Gasteiger partial charge in [-0.1, -0.05) is 30.3 Å². The monoisotopic (exact) mass is 262 g/mol. The lowest BCUT2D eigenvalue weighted by Gasteiger charge is -2.34. The molecule has 1 aliphatic rings. The maximum atomic E-state index is 11.8. The maximum Gasteiger partial charge on any atom is 0.245 e. The third-order valence-electron chi connectivity index (χ3n) is 3.02. The molecule has 0 radical (unpaired) electrons. The van der Waals surface area contributed by atoms with Gasteiger partial charge in [0.2, 0.25) is 11.8 Å². The lowest BCUT2D eigenvalue weighted by Crippen LogP contribution is -2.67. The minimum Gasteiger partial charge on any atom is -0.374 e. The molecule has 1 saturated heterocycles. The molecule has 1 aliphatic heterocycles. The lowest BCUT2D eigenvalue weighted by molar-refractivity contribution is -0.141. The van der Waals surface area contributed by atoms with Crippen molar-refractivity contribution in [3.05, 3.63) is 35.9 Å². The molecule has 102 valence electrons. The molecule has 2 rings (SSSR count). The third-order valence-corrected chi connectivity index (χ3v) is 3.02. The Morgan fingerprint density at radius 2 is 1.89 bits per heavy atom. The number of piperazine rings is 1. The van der Waals surface area contributed by atoms with Gasteiger partial charge in [-0.2, -0.15) is 0 Å². The van der Waals surface area contributed by atoms with E-state index in [4.69, 9.17) is 4.74 Å². The molecule has 0 spiro atoms. The van der Waals surface area contributed by atoms with Crippen LogP contribution in [0.4, 0.5) is 0 Å². The fraction of sp³-hybridized carbons (Fsp3) is 0.429. The van der Waals surface area contributed by atoms with Gasteiger partial charge in [0.15, 0.2) is 0 Å². The van der Waals surface area contributed by atoms with Gasteiger partial charge in [0, 0.05) is 0 Å². The summed E-state index contributed by atoms with van der Waals surface area (Å²) < 4.78 is 5.47. The molecular weight excluding hydrogens is 244 g/mol. The van der Waals surface area contributed by atoms with Crippen LogP contribution in [0.15, 0.2) is 30.3 Å². The predicted molar refractivity (Wildman–Crippen MR) is 70.3 cm³/mol. The predicted octanol–water partition coefficient (Wildman–Crippen LogP) is 0.596. The quantitative estimate of drug-likeness (QED) is 0.835. The molecule has 0 bridgehead atoms. The summed E-state index contributed by atoms with van der Waals surface area (Å²) in [6.07, 6.45) is 0. The molecule has 0 saturated carbocycles. The highest BCUT2D eigenvalue weighted by Crippen LogP contribution is 2.09. The Hall–Kier alpha value is -1.88. The molecule has 0 unspecified atom stereocenters. The number of rotatable bonds is 4.